The van der Waals surface area contributed by atoms with Gasteiger partial charge in [0, 0.05) is 43.8 Å². The summed E-state index contributed by atoms with van der Waals surface area (Å²) in [5, 5.41) is 6.77. The summed E-state index contributed by atoms with van der Waals surface area (Å²) >= 11 is 0. The zero-order valence-electron chi connectivity index (χ0n) is 29.5. The normalized spacial score (nSPS) is 11.6. The molecule has 5 nitrogen and oxygen atoms in total. The fourth-order valence-corrected chi connectivity index (χ4v) is 8.81. The van der Waals surface area contributed by atoms with Crippen LogP contribution in [0, 0.1) is 13.1 Å². The summed E-state index contributed by atoms with van der Waals surface area (Å²) in [7, 11) is 0. The molecule has 0 atom stereocenters. The highest BCUT2D eigenvalue weighted by atomic mass is 15.1. The zero-order chi connectivity index (χ0) is 36.6. The Morgan fingerprint density at radius 1 is 0.364 bits per heavy atom. The molecule has 11 aromatic rings. The van der Waals surface area contributed by atoms with Gasteiger partial charge in [-0.1, -0.05) is 115 Å². The Kier molecular flexibility index (Phi) is 6.61. The molecule has 0 bridgehead atoms. The van der Waals surface area contributed by atoms with Crippen molar-refractivity contribution in [2.75, 3.05) is 0 Å². The highest BCUT2D eigenvalue weighted by Crippen LogP contribution is 2.43. The maximum Gasteiger partial charge on any atom is 0.197 e. The van der Waals surface area contributed by atoms with E-state index < -0.39 is 0 Å². The van der Waals surface area contributed by atoms with E-state index in [4.69, 9.17) is 13.1 Å². The maximum absolute atomic E-state index is 8.26. The second-order valence-corrected chi connectivity index (χ2v) is 13.9. The molecule has 0 radical (unpaired) electrons. The van der Waals surface area contributed by atoms with Crippen LogP contribution < -0.4 is 0 Å². The number of rotatable bonds is 4. The molecule has 3 heterocycles. The summed E-state index contributed by atoms with van der Waals surface area (Å²) in [6.07, 6.45) is 0. The topological polar surface area (TPSA) is 23.5 Å². The Morgan fingerprint density at radius 2 is 0.891 bits per heavy atom. The molecular weight excluding hydrogens is 671 g/mol. The Bertz CT molecular complexity index is 3420. The van der Waals surface area contributed by atoms with Gasteiger partial charge in [0.1, 0.15) is 0 Å². The number of aromatic nitrogens is 3. The summed E-state index contributed by atoms with van der Waals surface area (Å²) in [6, 6.07) is 61.3. The van der Waals surface area contributed by atoms with E-state index in [1.54, 1.807) is 0 Å². The van der Waals surface area contributed by atoms with Crippen molar-refractivity contribution in [1.29, 1.82) is 0 Å². The second-order valence-electron chi connectivity index (χ2n) is 13.9. The molecule has 5 heteroatoms. The number of nitrogens with zero attached hydrogens (tertiary/aromatic N) is 5. The molecule has 0 N–H and O–H groups in total. The smallest absolute Gasteiger partial charge is 0.197 e. The van der Waals surface area contributed by atoms with Gasteiger partial charge in [0.2, 0.25) is 0 Å². The van der Waals surface area contributed by atoms with Crippen LogP contribution in [-0.2, 0) is 0 Å². The van der Waals surface area contributed by atoms with Gasteiger partial charge in [-0.2, -0.15) is 0 Å². The molecule has 0 unspecified atom stereocenters. The fraction of sp³-hybridized carbons (Fsp3) is 0. The quantitative estimate of drug-likeness (QED) is 0.163. The lowest BCUT2D eigenvalue weighted by Gasteiger charge is -2.16. The average Bonchev–Trinajstić information content (AvgIpc) is 3.89. The third-order valence-electron chi connectivity index (χ3n) is 11.1. The van der Waals surface area contributed by atoms with Crippen LogP contribution in [0.25, 0.3) is 103 Å². The van der Waals surface area contributed by atoms with Gasteiger partial charge in [0.25, 0.3) is 0 Å². The lowest BCUT2D eigenvalue weighted by atomic mass is 10.0. The van der Waals surface area contributed by atoms with Gasteiger partial charge in [0.05, 0.1) is 46.4 Å². The average molecular weight is 700 g/mol. The number of para-hydroxylation sites is 5. The standard InChI is InChI=1S/C50H29N5/c1-51-41-29-28-34(31-40(41)32-14-11-15-33(30-32)53-46-25-10-6-19-39(46)49-42(52-2)21-13-26-47(49)53)54-43-22-7-5-18-37(43)38-20-12-27-48(50(38)54)55-44-23-8-3-16-35(44)36-17-4-9-24-45(36)55/h3-31H. The number of hydrogen-bond acceptors (Lipinski definition) is 0. The van der Waals surface area contributed by atoms with E-state index in [9.17, 15) is 0 Å². The van der Waals surface area contributed by atoms with Gasteiger partial charge in [-0.25, -0.2) is 9.69 Å². The molecule has 8 aromatic carbocycles. The molecular formula is C50H29N5. The maximum atomic E-state index is 8.26. The van der Waals surface area contributed by atoms with E-state index in [2.05, 4.69) is 169 Å². The van der Waals surface area contributed by atoms with Crippen molar-refractivity contribution in [3.63, 3.8) is 0 Å². The molecule has 3 aromatic heterocycles. The van der Waals surface area contributed by atoms with Crippen molar-refractivity contribution in [2.45, 2.75) is 0 Å². The van der Waals surface area contributed by atoms with Crippen molar-refractivity contribution >= 4 is 76.8 Å². The van der Waals surface area contributed by atoms with Gasteiger partial charge in [-0.3, -0.25) is 0 Å². The van der Waals surface area contributed by atoms with Crippen molar-refractivity contribution in [3.8, 4) is 28.2 Å². The van der Waals surface area contributed by atoms with Crippen molar-refractivity contribution in [3.05, 3.63) is 199 Å². The first kappa shape index (κ1) is 30.7. The minimum atomic E-state index is 0.585. The van der Waals surface area contributed by atoms with Crippen LogP contribution in [0.4, 0.5) is 11.4 Å². The molecule has 254 valence electrons. The Morgan fingerprint density at radius 3 is 1.58 bits per heavy atom. The molecule has 11 rings (SSSR count). The molecule has 0 saturated carbocycles. The predicted octanol–water partition coefficient (Wildman–Crippen LogP) is 13.7. The Hall–Kier alpha value is -7.86. The first-order valence-electron chi connectivity index (χ1n) is 18.3. The van der Waals surface area contributed by atoms with E-state index in [1.807, 2.05) is 30.3 Å². The van der Waals surface area contributed by atoms with E-state index >= 15 is 0 Å². The Labute approximate surface area is 316 Å². The third-order valence-corrected chi connectivity index (χ3v) is 11.1. The van der Waals surface area contributed by atoms with Gasteiger partial charge < -0.3 is 13.7 Å². The summed E-state index contributed by atoms with van der Waals surface area (Å²) in [6.45, 7) is 16.2. The SMILES string of the molecule is [C-]#[N+]c1ccc(-n2c3ccccc3c3cccc(-n4c5ccccc5c5ccccc54)c32)cc1-c1cccc(-n2c3ccccc3c3c([N+]#[C-])cccc32)c1. The van der Waals surface area contributed by atoms with Gasteiger partial charge in [-0.05, 0) is 77.2 Å². The number of hydrogen-bond donors (Lipinski definition) is 0. The molecule has 0 amide bonds. The molecule has 55 heavy (non-hydrogen) atoms. The minimum absolute atomic E-state index is 0.585. The summed E-state index contributed by atoms with van der Waals surface area (Å²) < 4.78 is 6.99. The third kappa shape index (κ3) is 4.39. The summed E-state index contributed by atoms with van der Waals surface area (Å²) in [5.74, 6) is 0. The van der Waals surface area contributed by atoms with Gasteiger partial charge in [0.15, 0.2) is 11.4 Å². The predicted molar refractivity (Wildman–Crippen MR) is 227 cm³/mol. The Balaban J connectivity index is 1.17. The highest BCUT2D eigenvalue weighted by molar-refractivity contribution is 6.16. The van der Waals surface area contributed by atoms with E-state index in [-0.39, 0.29) is 0 Å². The van der Waals surface area contributed by atoms with Crippen LogP contribution in [-0.4, -0.2) is 13.7 Å². The van der Waals surface area contributed by atoms with E-state index in [1.165, 1.54) is 16.2 Å². The lowest BCUT2D eigenvalue weighted by molar-refractivity contribution is 1.13. The lowest BCUT2D eigenvalue weighted by Crippen LogP contribution is -2.01. The van der Waals surface area contributed by atoms with E-state index in [0.29, 0.717) is 11.4 Å². The minimum Gasteiger partial charge on any atom is -0.311 e. The monoisotopic (exact) mass is 699 g/mol. The largest absolute Gasteiger partial charge is 0.311 e. The first-order chi connectivity index (χ1) is 27.2. The molecule has 0 fully saturated rings. The molecule has 0 spiro atoms. The summed E-state index contributed by atoms with van der Waals surface area (Å²) in [5.41, 5.74) is 12.6. The molecule has 0 aliphatic carbocycles. The van der Waals surface area contributed by atoms with Crippen LogP contribution in [0.1, 0.15) is 0 Å². The van der Waals surface area contributed by atoms with Crippen LogP contribution in [0.5, 0.6) is 0 Å². The fourth-order valence-electron chi connectivity index (χ4n) is 8.81. The van der Waals surface area contributed by atoms with Crippen LogP contribution in [0.2, 0.25) is 0 Å². The van der Waals surface area contributed by atoms with E-state index in [0.717, 1.165) is 77.4 Å². The van der Waals surface area contributed by atoms with Crippen LogP contribution in [0.15, 0.2) is 176 Å². The molecule has 0 aliphatic rings. The van der Waals surface area contributed by atoms with Gasteiger partial charge >= 0.3 is 0 Å². The van der Waals surface area contributed by atoms with Crippen LogP contribution in [0.3, 0.4) is 0 Å². The highest BCUT2D eigenvalue weighted by Gasteiger charge is 2.21. The summed E-state index contributed by atoms with van der Waals surface area (Å²) in [4.78, 5) is 7.90. The van der Waals surface area contributed by atoms with Crippen molar-refractivity contribution in [2.24, 2.45) is 0 Å². The van der Waals surface area contributed by atoms with Crippen molar-refractivity contribution < 1.29 is 0 Å². The first-order valence-corrected chi connectivity index (χ1v) is 18.3. The molecule has 0 saturated heterocycles. The van der Waals surface area contributed by atoms with Crippen molar-refractivity contribution in [1.82, 2.24) is 13.7 Å². The van der Waals surface area contributed by atoms with Crippen LogP contribution >= 0.6 is 0 Å². The second kappa shape index (κ2) is 11.8. The zero-order valence-corrected chi connectivity index (χ0v) is 29.5. The number of fused-ring (bicyclic) bond motifs is 9. The van der Waals surface area contributed by atoms with Gasteiger partial charge in [-0.15, -0.1) is 0 Å². The molecule has 0 aliphatic heterocycles. The number of benzene rings is 8.